The molecule has 0 radical (unpaired) electrons. The van der Waals surface area contributed by atoms with Crippen LogP contribution in [0.25, 0.3) is 11.2 Å². The standard InChI is InChI=1S/C13H9FN6O/c1-16-13-19-11-10(17-6-18-11)12(20-13)21-8-3-2-7(5-15)9(14)4-8/h2-4,6H,1H3,(H2,16,17,18,19,20). The molecule has 2 heterocycles. The van der Waals surface area contributed by atoms with E-state index >= 15 is 0 Å². The molecular formula is C13H9FN6O. The van der Waals surface area contributed by atoms with Crippen LogP contribution in [0.15, 0.2) is 24.5 Å². The van der Waals surface area contributed by atoms with Gasteiger partial charge in [-0.3, -0.25) is 0 Å². The van der Waals surface area contributed by atoms with E-state index in [1.807, 2.05) is 0 Å². The number of nitrogens with zero attached hydrogens (tertiary/aromatic N) is 4. The first-order chi connectivity index (χ1) is 10.2. The lowest BCUT2D eigenvalue weighted by Gasteiger charge is -2.07. The van der Waals surface area contributed by atoms with Crippen LogP contribution in [0.2, 0.25) is 0 Å². The van der Waals surface area contributed by atoms with Crippen LogP contribution < -0.4 is 10.1 Å². The van der Waals surface area contributed by atoms with Crippen LogP contribution in [0, 0.1) is 17.1 Å². The monoisotopic (exact) mass is 284 g/mol. The summed E-state index contributed by atoms with van der Waals surface area (Å²) in [5, 5.41) is 11.5. The Kier molecular flexibility index (Phi) is 3.08. The Labute approximate surface area is 118 Å². The van der Waals surface area contributed by atoms with Crippen LogP contribution in [-0.2, 0) is 0 Å². The largest absolute Gasteiger partial charge is 0.437 e. The number of H-pyrrole nitrogens is 1. The van der Waals surface area contributed by atoms with E-state index in [0.717, 1.165) is 6.07 Å². The molecule has 0 saturated heterocycles. The third-order valence-electron chi connectivity index (χ3n) is 2.75. The Bertz CT molecular complexity index is 853. The van der Waals surface area contributed by atoms with Crippen molar-refractivity contribution >= 4 is 17.1 Å². The summed E-state index contributed by atoms with van der Waals surface area (Å²) in [6.45, 7) is 0. The number of anilines is 1. The van der Waals surface area contributed by atoms with Crippen LogP contribution in [0.4, 0.5) is 10.3 Å². The van der Waals surface area contributed by atoms with Gasteiger partial charge in [0.2, 0.25) is 5.95 Å². The zero-order valence-corrected chi connectivity index (χ0v) is 10.9. The SMILES string of the molecule is CNc1nc(Oc2ccc(C#N)c(F)c2)c2[nH]cnc2n1. The predicted molar refractivity (Wildman–Crippen MR) is 72.4 cm³/mol. The molecule has 0 saturated carbocycles. The Morgan fingerprint density at radius 1 is 1.38 bits per heavy atom. The molecule has 0 bridgehead atoms. The van der Waals surface area contributed by atoms with Crippen LogP contribution in [-0.4, -0.2) is 27.0 Å². The number of rotatable bonds is 3. The number of nitrogens with one attached hydrogen (secondary N) is 2. The molecule has 1 aromatic carbocycles. The van der Waals surface area contributed by atoms with Gasteiger partial charge >= 0.3 is 0 Å². The van der Waals surface area contributed by atoms with E-state index in [1.54, 1.807) is 13.1 Å². The molecule has 2 aromatic heterocycles. The second-order valence-electron chi connectivity index (χ2n) is 4.06. The molecule has 0 unspecified atom stereocenters. The van der Waals surface area contributed by atoms with Crippen LogP contribution in [0.5, 0.6) is 11.6 Å². The van der Waals surface area contributed by atoms with Gasteiger partial charge < -0.3 is 15.0 Å². The maximum Gasteiger partial charge on any atom is 0.250 e. The summed E-state index contributed by atoms with van der Waals surface area (Å²) in [5.74, 6) is 0.117. The van der Waals surface area contributed by atoms with E-state index in [4.69, 9.17) is 10.00 Å². The number of aromatic amines is 1. The number of hydrogen-bond acceptors (Lipinski definition) is 6. The number of ether oxygens (including phenoxy) is 1. The lowest BCUT2D eigenvalue weighted by atomic mass is 10.2. The first kappa shape index (κ1) is 12.8. The molecule has 0 atom stereocenters. The summed E-state index contributed by atoms with van der Waals surface area (Å²) in [5.41, 5.74) is 0.880. The Balaban J connectivity index is 2.03. The second-order valence-corrected chi connectivity index (χ2v) is 4.06. The summed E-state index contributed by atoms with van der Waals surface area (Å²) in [6, 6.07) is 5.71. The van der Waals surface area contributed by atoms with Crippen molar-refractivity contribution in [2.75, 3.05) is 12.4 Å². The summed E-state index contributed by atoms with van der Waals surface area (Å²) in [7, 11) is 1.67. The number of aromatic nitrogens is 4. The molecule has 7 nitrogen and oxygen atoms in total. The molecular weight excluding hydrogens is 275 g/mol. The third kappa shape index (κ3) is 2.32. The van der Waals surface area contributed by atoms with Gasteiger partial charge in [0.15, 0.2) is 5.65 Å². The van der Waals surface area contributed by atoms with E-state index < -0.39 is 5.82 Å². The normalized spacial score (nSPS) is 10.3. The minimum Gasteiger partial charge on any atom is -0.437 e. The van der Waals surface area contributed by atoms with Gasteiger partial charge in [-0.15, -0.1) is 0 Å². The molecule has 0 amide bonds. The van der Waals surface area contributed by atoms with Crippen molar-refractivity contribution in [2.24, 2.45) is 0 Å². The molecule has 3 rings (SSSR count). The number of nitriles is 1. The average molecular weight is 284 g/mol. The molecule has 2 N–H and O–H groups in total. The maximum absolute atomic E-state index is 13.6. The van der Waals surface area contributed by atoms with Crippen molar-refractivity contribution in [3.05, 3.63) is 35.9 Å². The minimum atomic E-state index is -0.654. The molecule has 0 aliphatic heterocycles. The first-order valence-electron chi connectivity index (χ1n) is 5.97. The highest BCUT2D eigenvalue weighted by molar-refractivity contribution is 5.77. The lowest BCUT2D eigenvalue weighted by Crippen LogP contribution is -1.99. The van der Waals surface area contributed by atoms with Gasteiger partial charge in [0.25, 0.3) is 5.88 Å². The summed E-state index contributed by atoms with van der Waals surface area (Å²) >= 11 is 0. The quantitative estimate of drug-likeness (QED) is 0.764. The van der Waals surface area contributed by atoms with E-state index in [-0.39, 0.29) is 17.2 Å². The van der Waals surface area contributed by atoms with Crippen LogP contribution in [0.1, 0.15) is 5.56 Å². The van der Waals surface area contributed by atoms with Gasteiger partial charge in [-0.1, -0.05) is 0 Å². The summed E-state index contributed by atoms with van der Waals surface area (Å²) < 4.78 is 19.1. The smallest absolute Gasteiger partial charge is 0.250 e. The fourth-order valence-corrected chi connectivity index (χ4v) is 1.75. The number of imidazole rings is 1. The topological polar surface area (TPSA) is 99.5 Å². The van der Waals surface area contributed by atoms with Crippen molar-refractivity contribution in [3.63, 3.8) is 0 Å². The van der Waals surface area contributed by atoms with Gasteiger partial charge in [0.1, 0.15) is 23.2 Å². The summed E-state index contributed by atoms with van der Waals surface area (Å²) in [6.07, 6.45) is 1.46. The maximum atomic E-state index is 13.6. The Morgan fingerprint density at radius 3 is 2.95 bits per heavy atom. The fraction of sp³-hybridized carbons (Fsp3) is 0.0769. The van der Waals surface area contributed by atoms with Crippen molar-refractivity contribution < 1.29 is 9.13 Å². The van der Waals surface area contributed by atoms with Crippen molar-refractivity contribution in [1.29, 1.82) is 5.26 Å². The van der Waals surface area contributed by atoms with Crippen molar-refractivity contribution in [3.8, 4) is 17.7 Å². The number of halogens is 1. The van der Waals surface area contributed by atoms with Crippen molar-refractivity contribution in [2.45, 2.75) is 0 Å². The van der Waals surface area contributed by atoms with E-state index in [9.17, 15) is 4.39 Å². The fourth-order valence-electron chi connectivity index (χ4n) is 1.75. The van der Waals surface area contributed by atoms with E-state index in [1.165, 1.54) is 18.5 Å². The second kappa shape index (κ2) is 5.05. The van der Waals surface area contributed by atoms with Gasteiger partial charge in [0, 0.05) is 13.1 Å². The highest BCUT2D eigenvalue weighted by Gasteiger charge is 2.12. The van der Waals surface area contributed by atoms with E-state index in [0.29, 0.717) is 17.1 Å². The minimum absolute atomic E-state index is 0.0485. The first-order valence-corrected chi connectivity index (χ1v) is 5.97. The number of benzene rings is 1. The molecule has 0 aliphatic rings. The predicted octanol–water partition coefficient (Wildman–Crippen LogP) is 2.20. The zero-order valence-electron chi connectivity index (χ0n) is 10.9. The Morgan fingerprint density at radius 2 is 2.24 bits per heavy atom. The van der Waals surface area contributed by atoms with Gasteiger partial charge in [-0.2, -0.15) is 15.2 Å². The molecule has 0 aliphatic carbocycles. The average Bonchev–Trinajstić information content (AvgIpc) is 2.96. The van der Waals surface area contributed by atoms with Gasteiger partial charge in [-0.25, -0.2) is 9.37 Å². The summed E-state index contributed by atoms with van der Waals surface area (Å²) in [4.78, 5) is 15.2. The molecule has 3 aromatic rings. The van der Waals surface area contributed by atoms with Crippen LogP contribution >= 0.6 is 0 Å². The zero-order chi connectivity index (χ0) is 14.8. The molecule has 8 heteroatoms. The van der Waals surface area contributed by atoms with Gasteiger partial charge in [0.05, 0.1) is 11.9 Å². The molecule has 0 fully saturated rings. The van der Waals surface area contributed by atoms with Crippen molar-refractivity contribution in [1.82, 2.24) is 19.9 Å². The lowest BCUT2D eigenvalue weighted by molar-refractivity contribution is 0.462. The molecule has 104 valence electrons. The number of fused-ring (bicyclic) bond motifs is 1. The highest BCUT2D eigenvalue weighted by atomic mass is 19.1. The Hall–Kier alpha value is -3.21. The molecule has 0 spiro atoms. The van der Waals surface area contributed by atoms with Crippen LogP contribution in [0.3, 0.4) is 0 Å². The third-order valence-corrected chi connectivity index (χ3v) is 2.75. The van der Waals surface area contributed by atoms with Gasteiger partial charge in [-0.05, 0) is 12.1 Å². The van der Waals surface area contributed by atoms with E-state index in [2.05, 4.69) is 25.3 Å². The number of hydrogen-bond donors (Lipinski definition) is 2. The highest BCUT2D eigenvalue weighted by Crippen LogP contribution is 2.27. The molecule has 21 heavy (non-hydrogen) atoms.